The van der Waals surface area contributed by atoms with Gasteiger partial charge < -0.3 is 4.74 Å². The number of thiophene rings is 1. The Kier molecular flexibility index (Phi) is 4.42. The van der Waals surface area contributed by atoms with Crippen LogP contribution in [0.15, 0.2) is 29.6 Å². The second-order valence-electron chi connectivity index (χ2n) is 3.97. The average molecular weight is 297 g/mol. The van der Waals surface area contributed by atoms with Crippen molar-refractivity contribution in [3.05, 3.63) is 50.7 Å². The molecule has 0 fully saturated rings. The Labute approximate surface area is 120 Å². The summed E-state index contributed by atoms with van der Waals surface area (Å²) in [6.07, 6.45) is 0. The summed E-state index contributed by atoms with van der Waals surface area (Å²) in [4.78, 5) is 12.1. The quantitative estimate of drug-likeness (QED) is 0.518. The van der Waals surface area contributed by atoms with E-state index in [0.717, 1.165) is 11.1 Å². The van der Waals surface area contributed by atoms with Crippen LogP contribution < -0.4 is 16.0 Å². The molecule has 3 N–H and O–H groups in total. The van der Waals surface area contributed by atoms with Crippen LogP contribution in [0.5, 0.6) is 5.75 Å². The van der Waals surface area contributed by atoms with Crippen LogP contribution in [-0.2, 0) is 6.61 Å². The number of carbonyl (C=O) groups excluding carboxylic acids is 1. The molecule has 0 spiro atoms. The number of amides is 1. The summed E-state index contributed by atoms with van der Waals surface area (Å²) in [6, 6.07) is 7.39. The van der Waals surface area contributed by atoms with Crippen molar-refractivity contribution < 1.29 is 9.53 Å². The minimum atomic E-state index is -0.316. The first-order valence-electron chi connectivity index (χ1n) is 5.58. The smallest absolute Gasteiger partial charge is 0.275 e. The Balaban J connectivity index is 2.10. The van der Waals surface area contributed by atoms with Crippen LogP contribution in [0.2, 0.25) is 5.02 Å². The first kappa shape index (κ1) is 13.9. The fourth-order valence-corrected chi connectivity index (χ4v) is 2.69. The van der Waals surface area contributed by atoms with Crippen molar-refractivity contribution in [3.63, 3.8) is 0 Å². The number of nitrogens with one attached hydrogen (secondary N) is 1. The van der Waals surface area contributed by atoms with E-state index in [4.69, 9.17) is 22.2 Å². The maximum Gasteiger partial charge on any atom is 0.275 e. The molecule has 0 aliphatic carbocycles. The van der Waals surface area contributed by atoms with E-state index in [1.54, 1.807) is 0 Å². The largest absolute Gasteiger partial charge is 0.487 e. The minimum Gasteiger partial charge on any atom is -0.487 e. The number of hydrogen-bond donors (Lipinski definition) is 2. The number of rotatable bonds is 4. The third-order valence-electron chi connectivity index (χ3n) is 2.55. The summed E-state index contributed by atoms with van der Waals surface area (Å²) in [6.45, 7) is 2.23. The Bertz CT molecular complexity index is 598. The van der Waals surface area contributed by atoms with Gasteiger partial charge in [0.05, 0.1) is 9.90 Å². The Morgan fingerprint density at radius 3 is 2.95 bits per heavy atom. The average Bonchev–Trinajstić information content (AvgIpc) is 2.85. The topological polar surface area (TPSA) is 64.3 Å². The lowest BCUT2D eigenvalue weighted by molar-refractivity contribution is 0.0955. The first-order chi connectivity index (χ1) is 9.11. The molecular weight excluding hydrogens is 284 g/mol. The van der Waals surface area contributed by atoms with Crippen LogP contribution in [0.3, 0.4) is 0 Å². The van der Waals surface area contributed by atoms with E-state index in [1.807, 2.05) is 36.6 Å². The maximum atomic E-state index is 11.5. The highest BCUT2D eigenvalue weighted by Crippen LogP contribution is 2.27. The highest BCUT2D eigenvalue weighted by Gasteiger charge is 2.12. The zero-order chi connectivity index (χ0) is 13.8. The molecule has 0 aliphatic heterocycles. The minimum absolute atomic E-state index is 0.273. The van der Waals surface area contributed by atoms with Crippen LogP contribution in [0.4, 0.5) is 0 Å². The van der Waals surface area contributed by atoms with Gasteiger partial charge in [0.1, 0.15) is 12.4 Å². The summed E-state index contributed by atoms with van der Waals surface area (Å²) in [7, 11) is 0. The van der Waals surface area contributed by atoms with Crippen molar-refractivity contribution in [3.8, 4) is 5.75 Å². The number of hydrazine groups is 1. The summed E-state index contributed by atoms with van der Waals surface area (Å²) >= 11 is 7.40. The fraction of sp³-hybridized carbons (Fsp3) is 0.154. The molecule has 1 aromatic heterocycles. The zero-order valence-corrected chi connectivity index (χ0v) is 11.8. The van der Waals surface area contributed by atoms with Gasteiger partial charge in [-0.15, -0.1) is 11.3 Å². The van der Waals surface area contributed by atoms with Gasteiger partial charge in [0.25, 0.3) is 5.91 Å². The first-order valence-corrected chi connectivity index (χ1v) is 6.84. The Morgan fingerprint density at radius 2 is 2.26 bits per heavy atom. The molecule has 0 bridgehead atoms. The van der Waals surface area contributed by atoms with E-state index in [9.17, 15) is 4.79 Å². The summed E-state index contributed by atoms with van der Waals surface area (Å²) in [5.74, 6) is 5.40. The van der Waals surface area contributed by atoms with Crippen LogP contribution in [0.25, 0.3) is 0 Å². The van der Waals surface area contributed by atoms with Gasteiger partial charge in [-0.2, -0.15) is 0 Å². The summed E-state index contributed by atoms with van der Waals surface area (Å²) in [5.41, 5.74) is 3.96. The standard InChI is InChI=1S/C13H13ClN2O2S/c1-8-2-3-11(10(14)6-8)18-7-9-4-5-19-12(9)13(17)16-15/h2-6H,7,15H2,1H3,(H,16,17). The molecule has 100 valence electrons. The van der Waals surface area contributed by atoms with Crippen molar-refractivity contribution in [2.24, 2.45) is 5.84 Å². The molecule has 1 amide bonds. The SMILES string of the molecule is Cc1ccc(OCc2ccsc2C(=O)NN)c(Cl)c1. The van der Waals surface area contributed by atoms with Gasteiger partial charge in [-0.05, 0) is 36.1 Å². The third-order valence-corrected chi connectivity index (χ3v) is 3.81. The number of ether oxygens (including phenoxy) is 1. The molecule has 0 atom stereocenters. The number of hydrogen-bond acceptors (Lipinski definition) is 4. The second-order valence-corrected chi connectivity index (χ2v) is 5.29. The lowest BCUT2D eigenvalue weighted by Gasteiger charge is -2.09. The molecule has 19 heavy (non-hydrogen) atoms. The maximum absolute atomic E-state index is 11.5. The predicted molar refractivity (Wildman–Crippen MR) is 76.5 cm³/mol. The fourth-order valence-electron chi connectivity index (χ4n) is 1.59. The normalized spacial score (nSPS) is 10.3. The van der Waals surface area contributed by atoms with Gasteiger partial charge in [0.15, 0.2) is 0 Å². The highest BCUT2D eigenvalue weighted by atomic mass is 35.5. The molecule has 0 unspecified atom stereocenters. The van der Waals surface area contributed by atoms with Crippen molar-refractivity contribution in [1.82, 2.24) is 5.43 Å². The molecule has 2 rings (SSSR count). The van der Waals surface area contributed by atoms with Crippen molar-refractivity contribution >= 4 is 28.8 Å². The highest BCUT2D eigenvalue weighted by molar-refractivity contribution is 7.12. The number of aryl methyl sites for hydroxylation is 1. The van der Waals surface area contributed by atoms with Crippen LogP contribution in [0, 0.1) is 6.92 Å². The van der Waals surface area contributed by atoms with E-state index < -0.39 is 0 Å². The molecule has 0 saturated heterocycles. The number of halogens is 1. The predicted octanol–water partition coefficient (Wildman–Crippen LogP) is 2.89. The number of nitrogen functional groups attached to an aromatic ring is 1. The molecular formula is C13H13ClN2O2S. The van der Waals surface area contributed by atoms with E-state index in [2.05, 4.69) is 5.43 Å². The van der Waals surface area contributed by atoms with E-state index in [-0.39, 0.29) is 12.5 Å². The Morgan fingerprint density at radius 1 is 1.47 bits per heavy atom. The van der Waals surface area contributed by atoms with Crippen LogP contribution in [0.1, 0.15) is 20.8 Å². The van der Waals surface area contributed by atoms with Gasteiger partial charge in [-0.3, -0.25) is 10.2 Å². The molecule has 4 nitrogen and oxygen atoms in total. The van der Waals surface area contributed by atoms with Gasteiger partial charge in [0.2, 0.25) is 0 Å². The van der Waals surface area contributed by atoms with Crippen molar-refractivity contribution in [2.75, 3.05) is 0 Å². The zero-order valence-electron chi connectivity index (χ0n) is 10.3. The number of nitrogens with two attached hydrogens (primary N) is 1. The summed E-state index contributed by atoms with van der Waals surface area (Å²) in [5, 5.41) is 2.38. The van der Waals surface area contributed by atoms with Crippen molar-refractivity contribution in [1.29, 1.82) is 0 Å². The lowest BCUT2D eigenvalue weighted by atomic mass is 10.2. The Hall–Kier alpha value is -1.56. The van der Waals surface area contributed by atoms with E-state index >= 15 is 0 Å². The molecule has 2 aromatic rings. The molecule has 1 heterocycles. The molecule has 0 radical (unpaired) electrons. The van der Waals surface area contributed by atoms with Crippen molar-refractivity contribution in [2.45, 2.75) is 13.5 Å². The second kappa shape index (κ2) is 6.06. The molecule has 1 aromatic carbocycles. The molecule has 6 heteroatoms. The molecule has 0 saturated carbocycles. The van der Waals surface area contributed by atoms with Gasteiger partial charge >= 0.3 is 0 Å². The number of benzene rings is 1. The van der Waals surface area contributed by atoms with E-state index in [1.165, 1.54) is 11.3 Å². The monoisotopic (exact) mass is 296 g/mol. The third kappa shape index (κ3) is 3.26. The van der Waals surface area contributed by atoms with Gasteiger partial charge in [-0.25, -0.2) is 5.84 Å². The summed E-state index contributed by atoms with van der Waals surface area (Å²) < 4.78 is 5.63. The van der Waals surface area contributed by atoms with Crippen LogP contribution >= 0.6 is 22.9 Å². The number of carbonyl (C=O) groups is 1. The lowest BCUT2D eigenvalue weighted by Crippen LogP contribution is -2.30. The van der Waals surface area contributed by atoms with E-state index in [0.29, 0.717) is 15.6 Å². The van der Waals surface area contributed by atoms with Gasteiger partial charge in [0, 0.05) is 5.56 Å². The molecule has 0 aliphatic rings. The van der Waals surface area contributed by atoms with Crippen LogP contribution in [-0.4, -0.2) is 5.91 Å². The van der Waals surface area contributed by atoms with Gasteiger partial charge in [-0.1, -0.05) is 17.7 Å².